The summed E-state index contributed by atoms with van der Waals surface area (Å²) in [4.78, 5) is 28.3. The van der Waals surface area contributed by atoms with E-state index >= 15 is 0 Å². The van der Waals surface area contributed by atoms with E-state index in [0.29, 0.717) is 48.3 Å². The molecular formula is C22H24N2O6. The summed E-state index contributed by atoms with van der Waals surface area (Å²) in [6.07, 6.45) is 0.364. The van der Waals surface area contributed by atoms with Gasteiger partial charge < -0.3 is 23.9 Å². The molecule has 3 rings (SSSR count). The molecule has 0 bridgehead atoms. The molecule has 0 fully saturated rings. The number of nitrogens with zero attached hydrogens (tertiary/aromatic N) is 1. The first-order chi connectivity index (χ1) is 14.6. The van der Waals surface area contributed by atoms with Crippen molar-refractivity contribution in [3.63, 3.8) is 0 Å². The van der Waals surface area contributed by atoms with Gasteiger partial charge in [-0.25, -0.2) is 4.98 Å². The Morgan fingerprint density at radius 2 is 1.80 bits per heavy atom. The maximum absolute atomic E-state index is 12.1. The Morgan fingerprint density at radius 1 is 1.03 bits per heavy atom. The standard InChI is InChI=1S/C22H24N2O6/c1-3-27-18-10-9-15(13-19(18)28-4-2)23-20(25)14-29-22(26)12-11-21-24-16-7-5-6-8-17(16)30-21/h5-10,13H,3-4,11-12,14H2,1-2H3,(H,23,25). The molecule has 0 aliphatic rings. The van der Waals surface area contributed by atoms with Crippen LogP contribution in [0.1, 0.15) is 26.2 Å². The summed E-state index contributed by atoms with van der Waals surface area (Å²) in [5, 5.41) is 2.67. The number of carbonyl (C=O) groups excluding carboxylic acids is 2. The molecule has 1 heterocycles. The Kier molecular flexibility index (Phi) is 7.26. The second-order valence-electron chi connectivity index (χ2n) is 6.31. The summed E-state index contributed by atoms with van der Waals surface area (Å²) in [6.45, 7) is 4.33. The van der Waals surface area contributed by atoms with Crippen molar-refractivity contribution in [1.29, 1.82) is 0 Å². The molecule has 3 aromatic rings. The molecule has 1 aromatic heterocycles. The van der Waals surface area contributed by atoms with Crippen LogP contribution in [0.5, 0.6) is 11.5 Å². The number of aromatic nitrogens is 1. The topological polar surface area (TPSA) is 99.9 Å². The van der Waals surface area contributed by atoms with Crippen molar-refractivity contribution in [3.05, 3.63) is 48.4 Å². The summed E-state index contributed by atoms with van der Waals surface area (Å²) in [6, 6.07) is 12.4. The van der Waals surface area contributed by atoms with E-state index in [0.717, 1.165) is 5.52 Å². The molecule has 0 spiro atoms. The lowest BCUT2D eigenvalue weighted by Crippen LogP contribution is -2.21. The van der Waals surface area contributed by atoms with Gasteiger partial charge in [0.25, 0.3) is 5.91 Å². The predicted molar refractivity (Wildman–Crippen MR) is 111 cm³/mol. The van der Waals surface area contributed by atoms with Crippen LogP contribution >= 0.6 is 0 Å². The highest BCUT2D eigenvalue weighted by atomic mass is 16.5. The van der Waals surface area contributed by atoms with Gasteiger partial charge in [0, 0.05) is 18.2 Å². The first kappa shape index (κ1) is 21.2. The minimum Gasteiger partial charge on any atom is -0.490 e. The molecule has 0 aliphatic heterocycles. The van der Waals surface area contributed by atoms with Crippen molar-refractivity contribution < 1.29 is 28.2 Å². The summed E-state index contributed by atoms with van der Waals surface area (Å²) >= 11 is 0. The zero-order chi connectivity index (χ0) is 21.3. The number of rotatable bonds is 10. The molecule has 0 atom stereocenters. The number of amides is 1. The van der Waals surface area contributed by atoms with Crippen LogP contribution in [-0.4, -0.2) is 36.7 Å². The number of hydrogen-bond acceptors (Lipinski definition) is 7. The van der Waals surface area contributed by atoms with Gasteiger partial charge in [-0.2, -0.15) is 0 Å². The Labute approximate surface area is 174 Å². The second kappa shape index (κ2) is 10.3. The number of carbonyl (C=O) groups is 2. The van der Waals surface area contributed by atoms with Crippen LogP contribution in [0.15, 0.2) is 46.9 Å². The molecule has 30 heavy (non-hydrogen) atoms. The lowest BCUT2D eigenvalue weighted by Gasteiger charge is -2.13. The van der Waals surface area contributed by atoms with Crippen LogP contribution in [-0.2, 0) is 20.7 Å². The zero-order valence-corrected chi connectivity index (χ0v) is 17.0. The van der Waals surface area contributed by atoms with E-state index in [1.54, 1.807) is 18.2 Å². The fourth-order valence-electron chi connectivity index (χ4n) is 2.78. The number of oxazole rings is 1. The second-order valence-corrected chi connectivity index (χ2v) is 6.31. The van der Waals surface area contributed by atoms with Gasteiger partial charge in [-0.15, -0.1) is 0 Å². The molecule has 2 aromatic carbocycles. The van der Waals surface area contributed by atoms with E-state index in [1.807, 2.05) is 38.1 Å². The van der Waals surface area contributed by atoms with Crippen LogP contribution in [0.2, 0.25) is 0 Å². The number of esters is 1. The highest BCUT2D eigenvalue weighted by Gasteiger charge is 2.13. The molecule has 8 nitrogen and oxygen atoms in total. The van der Waals surface area contributed by atoms with Gasteiger partial charge in [-0.1, -0.05) is 12.1 Å². The van der Waals surface area contributed by atoms with Crippen molar-refractivity contribution in [1.82, 2.24) is 4.98 Å². The Morgan fingerprint density at radius 3 is 2.57 bits per heavy atom. The van der Waals surface area contributed by atoms with Crippen molar-refractivity contribution in [3.8, 4) is 11.5 Å². The number of fused-ring (bicyclic) bond motifs is 1. The third kappa shape index (κ3) is 5.73. The molecule has 0 saturated heterocycles. The molecule has 1 amide bonds. The number of ether oxygens (including phenoxy) is 3. The quantitative estimate of drug-likeness (QED) is 0.506. The van der Waals surface area contributed by atoms with Crippen LogP contribution in [0.4, 0.5) is 5.69 Å². The van der Waals surface area contributed by atoms with E-state index < -0.39 is 11.9 Å². The number of benzene rings is 2. The summed E-state index contributed by atoms with van der Waals surface area (Å²) < 4.78 is 21.6. The van der Waals surface area contributed by atoms with Gasteiger partial charge in [0.05, 0.1) is 19.6 Å². The smallest absolute Gasteiger partial charge is 0.306 e. The minimum absolute atomic E-state index is 0.0671. The minimum atomic E-state index is -0.505. The highest BCUT2D eigenvalue weighted by Crippen LogP contribution is 2.30. The SMILES string of the molecule is CCOc1ccc(NC(=O)COC(=O)CCc2nc3ccccc3o2)cc1OCC. The average molecular weight is 412 g/mol. The van der Waals surface area contributed by atoms with Crippen LogP contribution in [0.3, 0.4) is 0 Å². The number of aryl methyl sites for hydroxylation is 1. The van der Waals surface area contributed by atoms with E-state index in [2.05, 4.69) is 10.3 Å². The molecule has 0 unspecified atom stereocenters. The summed E-state index contributed by atoms with van der Waals surface area (Å²) in [7, 11) is 0. The van der Waals surface area contributed by atoms with Gasteiger partial charge in [0.15, 0.2) is 29.6 Å². The van der Waals surface area contributed by atoms with E-state index in [1.165, 1.54) is 0 Å². The van der Waals surface area contributed by atoms with Gasteiger partial charge in [0.1, 0.15) is 5.52 Å². The Bertz CT molecular complexity index is 981. The third-order valence-corrected chi connectivity index (χ3v) is 4.07. The first-order valence-electron chi connectivity index (χ1n) is 9.78. The largest absolute Gasteiger partial charge is 0.490 e. The lowest BCUT2D eigenvalue weighted by atomic mass is 10.2. The number of para-hydroxylation sites is 2. The highest BCUT2D eigenvalue weighted by molar-refractivity contribution is 5.93. The van der Waals surface area contributed by atoms with E-state index in [9.17, 15) is 9.59 Å². The number of hydrogen-bond donors (Lipinski definition) is 1. The van der Waals surface area contributed by atoms with Crippen LogP contribution in [0, 0.1) is 0 Å². The molecule has 0 radical (unpaired) electrons. The third-order valence-electron chi connectivity index (χ3n) is 4.07. The van der Waals surface area contributed by atoms with Gasteiger partial charge in [0.2, 0.25) is 0 Å². The molecule has 8 heteroatoms. The average Bonchev–Trinajstić information content (AvgIpc) is 3.16. The Hall–Kier alpha value is -3.55. The van der Waals surface area contributed by atoms with Crippen molar-refractivity contribution >= 4 is 28.7 Å². The van der Waals surface area contributed by atoms with Crippen molar-refractivity contribution in [2.24, 2.45) is 0 Å². The maximum atomic E-state index is 12.1. The van der Waals surface area contributed by atoms with Gasteiger partial charge >= 0.3 is 5.97 Å². The van der Waals surface area contributed by atoms with Crippen LogP contribution in [0.25, 0.3) is 11.1 Å². The number of anilines is 1. The zero-order valence-electron chi connectivity index (χ0n) is 17.0. The lowest BCUT2D eigenvalue weighted by molar-refractivity contribution is -0.147. The number of nitrogens with one attached hydrogen (secondary N) is 1. The Balaban J connectivity index is 1.46. The molecule has 158 valence electrons. The maximum Gasteiger partial charge on any atom is 0.306 e. The summed E-state index contributed by atoms with van der Waals surface area (Å²) in [5.74, 6) is 0.636. The fraction of sp³-hybridized carbons (Fsp3) is 0.318. The van der Waals surface area contributed by atoms with Gasteiger partial charge in [-0.3, -0.25) is 9.59 Å². The predicted octanol–water partition coefficient (Wildman–Crippen LogP) is 3.74. The van der Waals surface area contributed by atoms with Crippen molar-refractivity contribution in [2.75, 3.05) is 25.1 Å². The van der Waals surface area contributed by atoms with Crippen molar-refractivity contribution in [2.45, 2.75) is 26.7 Å². The fourth-order valence-corrected chi connectivity index (χ4v) is 2.78. The van der Waals surface area contributed by atoms with Crippen LogP contribution < -0.4 is 14.8 Å². The molecule has 0 aliphatic carbocycles. The first-order valence-corrected chi connectivity index (χ1v) is 9.78. The van der Waals surface area contributed by atoms with E-state index in [4.69, 9.17) is 18.6 Å². The molecule has 0 saturated carbocycles. The monoisotopic (exact) mass is 412 g/mol. The normalized spacial score (nSPS) is 10.6. The van der Waals surface area contributed by atoms with E-state index in [-0.39, 0.29) is 13.0 Å². The summed E-state index contributed by atoms with van der Waals surface area (Å²) in [5.41, 5.74) is 1.93. The molecule has 1 N–H and O–H groups in total. The van der Waals surface area contributed by atoms with Gasteiger partial charge in [-0.05, 0) is 38.1 Å². The molecular weight excluding hydrogens is 388 g/mol.